The molecule has 0 radical (unpaired) electrons. The predicted molar refractivity (Wildman–Crippen MR) is 171 cm³/mol. The van der Waals surface area contributed by atoms with Crippen molar-refractivity contribution in [3.63, 3.8) is 0 Å². The molecule has 42 heavy (non-hydrogen) atoms. The van der Waals surface area contributed by atoms with Gasteiger partial charge >= 0.3 is 0 Å². The lowest BCUT2D eigenvalue weighted by atomic mass is 10.0. The van der Waals surface area contributed by atoms with Crippen LogP contribution in [0.3, 0.4) is 0 Å². The molecule has 0 bridgehead atoms. The Kier molecular flexibility index (Phi) is 11.6. The average Bonchev–Trinajstić information content (AvgIpc) is 2.96. The Morgan fingerprint density at radius 3 is 1.93 bits per heavy atom. The third kappa shape index (κ3) is 7.74. The molecule has 0 aromatic heterocycles. The molecule has 1 heterocycles. The first kappa shape index (κ1) is 32.7. The number of aryl methyl sites for hydroxylation is 2. The molecule has 3 aromatic carbocycles. The van der Waals surface area contributed by atoms with Crippen LogP contribution >= 0.6 is 0 Å². The van der Waals surface area contributed by atoms with Gasteiger partial charge in [0, 0.05) is 48.3 Å². The number of fused-ring (bicyclic) bond motifs is 2. The van der Waals surface area contributed by atoms with E-state index in [-0.39, 0.29) is 28.5 Å². The molecule has 0 fully saturated rings. The molecule has 0 saturated heterocycles. The first-order valence-corrected chi connectivity index (χ1v) is 14.6. The van der Waals surface area contributed by atoms with E-state index in [0.717, 1.165) is 70.8 Å². The fraction of sp³-hybridized carbons (Fsp3) is 0.306. The van der Waals surface area contributed by atoms with Crippen LogP contribution in [-0.2, 0) is 6.42 Å². The smallest absolute Gasteiger partial charge is 0.203 e. The fourth-order valence-corrected chi connectivity index (χ4v) is 5.17. The highest BCUT2D eigenvalue weighted by atomic mass is 79.9. The number of halogens is 1. The Bertz CT molecular complexity index is 1660. The fourth-order valence-electron chi connectivity index (χ4n) is 5.17. The van der Waals surface area contributed by atoms with Crippen molar-refractivity contribution in [3.8, 4) is 22.8 Å². The Morgan fingerprint density at radius 1 is 0.690 bits per heavy atom. The molecule has 2 N–H and O–H groups in total. The van der Waals surface area contributed by atoms with Gasteiger partial charge in [-0.25, -0.2) is 4.58 Å². The minimum Gasteiger partial charge on any atom is -1.00 e. The number of phenols is 2. The van der Waals surface area contributed by atoms with Crippen molar-refractivity contribution >= 4 is 16.7 Å². The topological polar surface area (TPSA) is 59.9 Å². The van der Waals surface area contributed by atoms with Crippen LogP contribution in [0, 0.1) is 13.8 Å². The number of benzene rings is 4. The standard InChI is InChI=1S/C18H23NO2.C18H20NO.BrH/c1-4-19(5-2)16-9-8-15(18(21)12-16)11-14-7-6-13(3)10-17(14)20;1-4-19(5-2)16-9-8-15-11-14-7-6-13(3)10-17(14)20-18(15)12-16;/h6-10,12,20-21H,4-5,11H2,1-3H3;6-12H,4-5H2,1-3H3;1H/q;+1;/p-1. The lowest BCUT2D eigenvalue weighted by Crippen LogP contribution is -3.00. The monoisotopic (exact) mass is 630 g/mol. The first-order chi connectivity index (χ1) is 19.8. The summed E-state index contributed by atoms with van der Waals surface area (Å²) in [6.07, 6.45) is 0.524. The molecular formula is C36H43BrN2O3. The van der Waals surface area contributed by atoms with Crippen molar-refractivity contribution in [3.05, 3.63) is 106 Å². The molecule has 6 heteroatoms. The molecule has 1 aliphatic heterocycles. The van der Waals surface area contributed by atoms with Crippen molar-refractivity contribution < 1.29 is 31.6 Å². The Hall–Kier alpha value is -3.77. The van der Waals surface area contributed by atoms with Gasteiger partial charge in [0.05, 0.1) is 6.07 Å². The zero-order chi connectivity index (χ0) is 29.5. The maximum absolute atomic E-state index is 10.2. The van der Waals surface area contributed by atoms with Crippen molar-refractivity contribution in [1.29, 1.82) is 0 Å². The molecule has 0 atom stereocenters. The van der Waals surface area contributed by atoms with Crippen molar-refractivity contribution in [1.82, 2.24) is 4.58 Å². The van der Waals surface area contributed by atoms with Gasteiger partial charge < -0.3 is 36.5 Å². The Labute approximate surface area is 260 Å². The van der Waals surface area contributed by atoms with Gasteiger partial charge in [-0.1, -0.05) is 30.3 Å². The Morgan fingerprint density at radius 2 is 1.31 bits per heavy atom. The third-order valence-corrected chi connectivity index (χ3v) is 7.64. The van der Waals surface area contributed by atoms with Crippen molar-refractivity contribution in [2.45, 2.75) is 48.0 Å². The zero-order valence-electron chi connectivity index (χ0n) is 25.6. The van der Waals surface area contributed by atoms with Gasteiger partial charge in [0.15, 0.2) is 0 Å². The summed E-state index contributed by atoms with van der Waals surface area (Å²) in [6.45, 7) is 16.4. The van der Waals surface area contributed by atoms with Crippen LogP contribution < -0.4 is 31.8 Å². The summed E-state index contributed by atoms with van der Waals surface area (Å²) in [5, 5.41) is 22.6. The average molecular weight is 632 g/mol. The van der Waals surface area contributed by atoms with Crippen molar-refractivity contribution in [2.75, 3.05) is 31.1 Å². The highest BCUT2D eigenvalue weighted by Crippen LogP contribution is 2.30. The summed E-state index contributed by atoms with van der Waals surface area (Å²) in [5.74, 6) is 1.51. The van der Waals surface area contributed by atoms with E-state index in [1.807, 2.05) is 31.2 Å². The maximum Gasteiger partial charge on any atom is 0.203 e. The second-order valence-corrected chi connectivity index (χ2v) is 10.5. The molecule has 2 aliphatic rings. The highest BCUT2D eigenvalue weighted by Gasteiger charge is 2.11. The number of hydrogen-bond donors (Lipinski definition) is 2. The molecule has 222 valence electrons. The molecule has 0 spiro atoms. The summed E-state index contributed by atoms with van der Waals surface area (Å²) in [7, 11) is 0. The SMILES string of the molecule is CCN(CC)c1ccc(Cc2ccc(C)cc2O)c(O)c1.CC[N+](CC)=c1ccc2cc3ccc(C)cc3oc-2c1.[Br-]. The van der Waals surface area contributed by atoms with E-state index in [1.165, 1.54) is 10.9 Å². The number of anilines is 1. The lowest BCUT2D eigenvalue weighted by Gasteiger charge is -2.21. The normalized spacial score (nSPS) is 10.6. The van der Waals surface area contributed by atoms with Gasteiger partial charge in [0.1, 0.15) is 35.9 Å². The van der Waals surface area contributed by atoms with Crippen LogP contribution in [0.4, 0.5) is 5.69 Å². The minimum atomic E-state index is 0. The van der Waals surface area contributed by atoms with E-state index >= 15 is 0 Å². The maximum atomic E-state index is 10.2. The highest BCUT2D eigenvalue weighted by molar-refractivity contribution is 5.83. The number of aromatic hydroxyl groups is 2. The van der Waals surface area contributed by atoms with E-state index in [0.29, 0.717) is 6.42 Å². The number of hydrogen-bond acceptors (Lipinski definition) is 4. The molecule has 0 saturated carbocycles. The van der Waals surface area contributed by atoms with Crippen LogP contribution in [-0.4, -0.2) is 36.4 Å². The molecule has 1 aliphatic carbocycles. The minimum absolute atomic E-state index is 0. The van der Waals surface area contributed by atoms with Gasteiger partial charge in [0.25, 0.3) is 0 Å². The van der Waals surface area contributed by atoms with E-state index in [9.17, 15) is 10.2 Å². The second-order valence-electron chi connectivity index (χ2n) is 10.5. The largest absolute Gasteiger partial charge is 1.00 e. The predicted octanol–water partition coefficient (Wildman–Crippen LogP) is 4.51. The van der Waals surface area contributed by atoms with Crippen LogP contribution in [0.15, 0.2) is 83.3 Å². The number of phenolic OH excluding ortho intramolecular Hbond substituents is 2. The van der Waals surface area contributed by atoms with E-state index in [1.54, 1.807) is 12.1 Å². The molecular weight excluding hydrogens is 588 g/mol. The number of nitrogens with zero attached hydrogens (tertiary/aromatic N) is 2. The summed E-state index contributed by atoms with van der Waals surface area (Å²) in [6, 6.07) is 26.4. The van der Waals surface area contributed by atoms with Crippen LogP contribution in [0.1, 0.15) is 49.9 Å². The molecule has 5 nitrogen and oxygen atoms in total. The third-order valence-electron chi connectivity index (χ3n) is 7.64. The summed E-state index contributed by atoms with van der Waals surface area (Å²) < 4.78 is 8.41. The first-order valence-electron chi connectivity index (χ1n) is 14.6. The van der Waals surface area contributed by atoms with Gasteiger partial charge in [-0.15, -0.1) is 0 Å². The van der Waals surface area contributed by atoms with Crippen LogP contribution in [0.25, 0.3) is 22.3 Å². The van der Waals surface area contributed by atoms with Gasteiger partial charge in [0.2, 0.25) is 5.36 Å². The zero-order valence-corrected chi connectivity index (χ0v) is 27.2. The van der Waals surface area contributed by atoms with Gasteiger partial charge in [-0.05, 0) is 94.1 Å². The molecule has 3 aromatic rings. The number of rotatable bonds is 7. The second kappa shape index (κ2) is 14.9. The van der Waals surface area contributed by atoms with E-state index < -0.39 is 0 Å². The van der Waals surface area contributed by atoms with E-state index in [2.05, 4.69) is 86.6 Å². The van der Waals surface area contributed by atoms with E-state index in [4.69, 9.17) is 4.42 Å². The molecule has 0 unspecified atom stereocenters. The van der Waals surface area contributed by atoms with Gasteiger partial charge in [-0.3, -0.25) is 0 Å². The molecule has 0 amide bonds. The van der Waals surface area contributed by atoms with Crippen LogP contribution in [0.2, 0.25) is 0 Å². The molecule has 5 rings (SSSR count). The van der Waals surface area contributed by atoms with Crippen LogP contribution in [0.5, 0.6) is 11.5 Å². The quantitative estimate of drug-likeness (QED) is 0.205. The lowest BCUT2D eigenvalue weighted by molar-refractivity contribution is -0.0000111. The van der Waals surface area contributed by atoms with Gasteiger partial charge in [-0.2, -0.15) is 0 Å². The summed E-state index contributed by atoms with van der Waals surface area (Å²) >= 11 is 0. The summed E-state index contributed by atoms with van der Waals surface area (Å²) in [5.41, 5.74) is 7.02. The Balaban J connectivity index is 0.000000225. The summed E-state index contributed by atoms with van der Waals surface area (Å²) in [4.78, 5) is 2.19. The van der Waals surface area contributed by atoms with Crippen molar-refractivity contribution in [2.24, 2.45) is 0 Å².